The van der Waals surface area contributed by atoms with Gasteiger partial charge in [-0.1, -0.05) is 12.8 Å². The van der Waals surface area contributed by atoms with E-state index in [0.717, 1.165) is 36.8 Å². The predicted molar refractivity (Wildman–Crippen MR) is 121 cm³/mol. The molecule has 0 spiro atoms. The summed E-state index contributed by atoms with van der Waals surface area (Å²) >= 11 is 0. The molecule has 0 aliphatic carbocycles. The zero-order valence-electron chi connectivity index (χ0n) is 17.8. The van der Waals surface area contributed by atoms with Crippen LogP contribution in [0.3, 0.4) is 0 Å². The van der Waals surface area contributed by atoms with Crippen LogP contribution in [-0.4, -0.2) is 57.7 Å². The first-order valence-corrected chi connectivity index (χ1v) is 12.5. The first kappa shape index (κ1) is 21.2. The molecule has 0 bridgehead atoms. The largest absolute Gasteiger partial charge is 0.372 e. The summed E-state index contributed by atoms with van der Waals surface area (Å²) in [7, 11) is -1.14. The van der Waals surface area contributed by atoms with Crippen LogP contribution < -0.4 is 0 Å². The van der Waals surface area contributed by atoms with Crippen LogP contribution in [0.15, 0.2) is 36.8 Å². The van der Waals surface area contributed by atoms with E-state index in [-0.39, 0.29) is 11.7 Å². The normalized spacial score (nSPS) is 17.6. The van der Waals surface area contributed by atoms with Crippen molar-refractivity contribution in [1.82, 2.24) is 29.0 Å². The van der Waals surface area contributed by atoms with Gasteiger partial charge in [-0.25, -0.2) is 9.37 Å². The van der Waals surface area contributed by atoms with Crippen molar-refractivity contribution in [3.05, 3.63) is 48.3 Å². The lowest BCUT2D eigenvalue weighted by molar-refractivity contribution is 0.000931. The monoisotopic (exact) mass is 456 g/mol. The van der Waals surface area contributed by atoms with Gasteiger partial charge in [0.25, 0.3) is 0 Å². The minimum Gasteiger partial charge on any atom is -0.372 e. The van der Waals surface area contributed by atoms with Gasteiger partial charge in [-0.15, -0.1) is 0 Å². The van der Waals surface area contributed by atoms with Crippen molar-refractivity contribution in [3.63, 3.8) is 0 Å². The average molecular weight is 457 g/mol. The van der Waals surface area contributed by atoms with Crippen LogP contribution in [-0.2, 0) is 16.7 Å². The molecule has 0 aromatic carbocycles. The summed E-state index contributed by atoms with van der Waals surface area (Å²) in [5, 5.41) is 16.4. The highest BCUT2D eigenvalue weighted by Gasteiger charge is 2.23. The Morgan fingerprint density at radius 1 is 1.16 bits per heavy atom. The second kappa shape index (κ2) is 8.68. The molecule has 10 heteroatoms. The van der Waals surface area contributed by atoms with Crippen LogP contribution in [0, 0.1) is 5.82 Å². The third-order valence-corrected chi connectivity index (χ3v) is 6.53. The van der Waals surface area contributed by atoms with Gasteiger partial charge in [-0.2, -0.15) is 5.10 Å². The van der Waals surface area contributed by atoms with E-state index in [0.29, 0.717) is 22.7 Å². The summed E-state index contributed by atoms with van der Waals surface area (Å²) in [5.74, 6) is -0.179. The summed E-state index contributed by atoms with van der Waals surface area (Å²) in [6.07, 6.45) is 9.97. The Hall–Kier alpha value is -2.69. The molecule has 8 nitrogen and oxygen atoms in total. The molecule has 32 heavy (non-hydrogen) atoms. The van der Waals surface area contributed by atoms with E-state index in [1.54, 1.807) is 33.8 Å². The lowest BCUT2D eigenvalue weighted by Gasteiger charge is -2.25. The van der Waals surface area contributed by atoms with Gasteiger partial charge in [0.15, 0.2) is 6.23 Å². The van der Waals surface area contributed by atoms with E-state index < -0.39 is 17.0 Å². The highest BCUT2D eigenvalue weighted by molar-refractivity contribution is 7.83. The summed E-state index contributed by atoms with van der Waals surface area (Å²) < 4.78 is 29.2. The van der Waals surface area contributed by atoms with E-state index in [9.17, 15) is 13.7 Å². The van der Waals surface area contributed by atoms with Gasteiger partial charge in [0, 0.05) is 47.9 Å². The van der Waals surface area contributed by atoms with Gasteiger partial charge < -0.3 is 5.11 Å². The van der Waals surface area contributed by atoms with Gasteiger partial charge >= 0.3 is 0 Å². The molecule has 4 aromatic rings. The second-order valence-corrected chi connectivity index (χ2v) is 9.62. The molecule has 2 unspecified atom stereocenters. The summed E-state index contributed by atoms with van der Waals surface area (Å²) in [5.41, 5.74) is 3.06. The number of aliphatic hydroxyl groups excluding tert-OH is 1. The number of fused-ring (bicyclic) bond motifs is 2. The van der Waals surface area contributed by atoms with Crippen molar-refractivity contribution in [2.45, 2.75) is 37.8 Å². The Bertz CT molecular complexity index is 1290. The summed E-state index contributed by atoms with van der Waals surface area (Å²) in [6.45, 7) is 1.66. The predicted octanol–water partition coefficient (Wildman–Crippen LogP) is 3.09. The first-order chi connectivity index (χ1) is 15.5. The number of nitrogens with zero attached hydrogens (tertiary/aromatic N) is 6. The third-order valence-electron chi connectivity index (χ3n) is 5.92. The third kappa shape index (κ3) is 3.94. The van der Waals surface area contributed by atoms with Crippen LogP contribution in [0.2, 0.25) is 0 Å². The number of hydrogen-bond donors (Lipinski definition) is 1. The van der Waals surface area contributed by atoms with Gasteiger partial charge in [0.05, 0.1) is 23.1 Å². The number of halogens is 1. The van der Waals surface area contributed by atoms with Crippen molar-refractivity contribution < 1.29 is 13.7 Å². The van der Waals surface area contributed by atoms with E-state index in [4.69, 9.17) is 0 Å². The van der Waals surface area contributed by atoms with Gasteiger partial charge in [-0.05, 0) is 31.0 Å². The van der Waals surface area contributed by atoms with Gasteiger partial charge in [-0.3, -0.25) is 23.2 Å². The van der Waals surface area contributed by atoms with Gasteiger partial charge in [0.1, 0.15) is 23.0 Å². The maximum absolute atomic E-state index is 13.9. The number of pyridine rings is 2. The van der Waals surface area contributed by atoms with Crippen molar-refractivity contribution in [1.29, 1.82) is 0 Å². The molecule has 1 aliphatic rings. The van der Waals surface area contributed by atoms with Crippen molar-refractivity contribution >= 4 is 27.3 Å². The van der Waals surface area contributed by atoms with Crippen molar-refractivity contribution in [2.75, 3.05) is 19.3 Å². The van der Waals surface area contributed by atoms with Crippen LogP contribution in [0.25, 0.3) is 27.9 Å². The maximum atomic E-state index is 13.9. The quantitative estimate of drug-likeness (QED) is 0.497. The Morgan fingerprint density at radius 3 is 2.69 bits per heavy atom. The number of likely N-dealkylation sites (tertiary alicyclic amines) is 1. The minimum atomic E-state index is -1.14. The lowest BCUT2D eigenvalue weighted by atomic mass is 10.2. The van der Waals surface area contributed by atoms with E-state index in [2.05, 4.69) is 15.1 Å². The van der Waals surface area contributed by atoms with E-state index in [1.165, 1.54) is 25.1 Å². The molecule has 4 aromatic heterocycles. The highest BCUT2D eigenvalue weighted by atomic mass is 32.2. The fourth-order valence-electron chi connectivity index (χ4n) is 4.34. The van der Waals surface area contributed by atoms with E-state index in [1.807, 2.05) is 11.0 Å². The highest BCUT2D eigenvalue weighted by Crippen LogP contribution is 2.31. The molecule has 5 heterocycles. The Balaban J connectivity index is 1.62. The zero-order valence-corrected chi connectivity index (χ0v) is 18.6. The van der Waals surface area contributed by atoms with Crippen LogP contribution in [0.5, 0.6) is 0 Å². The minimum absolute atomic E-state index is 0.199. The molecule has 1 aliphatic heterocycles. The average Bonchev–Trinajstić information content (AvgIpc) is 3.21. The number of aliphatic hydroxyl groups is 1. The smallest absolute Gasteiger partial charge is 0.150 e. The molecular formula is C22H25FN6O2S. The molecule has 0 amide bonds. The Labute approximate surface area is 187 Å². The molecular weight excluding hydrogens is 431 g/mol. The topological polar surface area (TPSA) is 88.5 Å². The Morgan fingerprint density at radius 2 is 1.94 bits per heavy atom. The standard InChI is InChI=1S/C22H25FN6O2S/c1-32(31)14-29-18-10-17(22(30)27-8-4-2-3-5-9-27)24-11-16(18)21(26-29)19-12-25-20-7-6-15(23)13-28(19)20/h6-7,10-13,22,30H,2-5,8-9,14H2,1H3. The molecule has 5 rings (SSSR count). The number of hydrogen-bond acceptors (Lipinski definition) is 6. The molecule has 168 valence electrons. The summed E-state index contributed by atoms with van der Waals surface area (Å²) in [4.78, 5) is 10.9. The van der Waals surface area contributed by atoms with Crippen LogP contribution in [0.1, 0.15) is 37.6 Å². The van der Waals surface area contributed by atoms with Crippen molar-refractivity contribution in [2.24, 2.45) is 0 Å². The SMILES string of the molecule is CS(=O)Cn1nc(-c2cnc3ccc(F)cn23)c2cnc(C(O)N3CCCCCC3)cc21. The molecule has 0 saturated carbocycles. The fourth-order valence-corrected chi connectivity index (χ4v) is 4.88. The molecule has 0 radical (unpaired) electrons. The lowest BCUT2D eigenvalue weighted by Crippen LogP contribution is -2.30. The fraction of sp³-hybridized carbons (Fsp3) is 0.409. The van der Waals surface area contributed by atoms with Crippen molar-refractivity contribution in [3.8, 4) is 11.4 Å². The zero-order chi connectivity index (χ0) is 22.2. The number of imidazole rings is 1. The molecule has 1 fully saturated rings. The first-order valence-electron chi connectivity index (χ1n) is 10.7. The van der Waals surface area contributed by atoms with Crippen LogP contribution >= 0.6 is 0 Å². The number of aromatic nitrogens is 5. The van der Waals surface area contributed by atoms with E-state index >= 15 is 0 Å². The summed E-state index contributed by atoms with van der Waals surface area (Å²) in [6, 6.07) is 4.78. The van der Waals surface area contributed by atoms with Gasteiger partial charge in [0.2, 0.25) is 0 Å². The molecule has 2 atom stereocenters. The van der Waals surface area contributed by atoms with Crippen LogP contribution in [0.4, 0.5) is 4.39 Å². The second-order valence-electron chi connectivity index (χ2n) is 8.22. The molecule has 1 saturated heterocycles. The Kier molecular flexibility index (Phi) is 5.75. The number of rotatable bonds is 5. The maximum Gasteiger partial charge on any atom is 0.150 e. The molecule has 1 N–H and O–H groups in total.